The second kappa shape index (κ2) is 6.78. The van der Waals surface area contributed by atoms with E-state index in [1.165, 1.54) is 3.57 Å². The summed E-state index contributed by atoms with van der Waals surface area (Å²) in [5, 5.41) is 0. The van der Waals surface area contributed by atoms with Crippen LogP contribution in [0.1, 0.15) is 11.1 Å². The van der Waals surface area contributed by atoms with Crippen LogP contribution in [0.4, 0.5) is 0 Å². The molecule has 0 saturated carbocycles. The number of benzene rings is 2. The predicted octanol–water partition coefficient (Wildman–Crippen LogP) is 5.37. The summed E-state index contributed by atoms with van der Waals surface area (Å²) in [5.41, 5.74) is 2.20. The van der Waals surface area contributed by atoms with Gasteiger partial charge in [0, 0.05) is 13.9 Å². The van der Waals surface area contributed by atoms with Gasteiger partial charge in [0.2, 0.25) is 0 Å². The molecule has 0 bridgehead atoms. The van der Waals surface area contributed by atoms with Crippen LogP contribution in [0.3, 0.4) is 0 Å². The summed E-state index contributed by atoms with van der Waals surface area (Å²) >= 11 is 11.6. The number of hydrogen-bond donors (Lipinski definition) is 0. The lowest BCUT2D eigenvalue weighted by molar-refractivity contribution is 0.306. The van der Waals surface area contributed by atoms with E-state index in [9.17, 15) is 0 Å². The molecule has 0 aliphatic rings. The molecular weight excluding hydrogens is 426 g/mol. The van der Waals surface area contributed by atoms with E-state index in [-0.39, 0.29) is 0 Å². The highest BCUT2D eigenvalue weighted by Gasteiger charge is 2.02. The summed E-state index contributed by atoms with van der Waals surface area (Å²) in [4.78, 5) is 0. The van der Waals surface area contributed by atoms with E-state index in [0.29, 0.717) is 12.5 Å². The summed E-state index contributed by atoms with van der Waals surface area (Å²) in [6.45, 7) is 0.570. The van der Waals surface area contributed by atoms with Gasteiger partial charge in [-0.25, -0.2) is 0 Å². The zero-order chi connectivity index (χ0) is 13.0. The maximum Gasteiger partial charge on any atom is 0.120 e. The Morgan fingerprint density at radius 2 is 1.83 bits per heavy atom. The Morgan fingerprint density at radius 3 is 2.50 bits per heavy atom. The maximum atomic E-state index is 5.85. The van der Waals surface area contributed by atoms with Crippen molar-refractivity contribution in [2.45, 2.75) is 12.5 Å². The molecular formula is C14H11BrClIO. The minimum Gasteiger partial charge on any atom is -0.489 e. The lowest BCUT2D eigenvalue weighted by Gasteiger charge is -2.08. The second-order valence-corrected chi connectivity index (χ2v) is 6.17. The Balaban J connectivity index is 2.04. The summed E-state index contributed by atoms with van der Waals surface area (Å²) in [6, 6.07) is 14.2. The van der Waals surface area contributed by atoms with Gasteiger partial charge in [-0.3, -0.25) is 0 Å². The standard InChI is InChI=1S/C14H11BrClIO/c15-14-6-5-13(7-11(14)8-16)18-9-10-1-3-12(17)4-2-10/h1-7H,8-9H2. The van der Waals surface area contributed by atoms with Crippen molar-refractivity contribution in [2.75, 3.05) is 0 Å². The average molecular weight is 438 g/mol. The largest absolute Gasteiger partial charge is 0.489 e. The summed E-state index contributed by atoms with van der Waals surface area (Å²) in [6.07, 6.45) is 0. The van der Waals surface area contributed by atoms with E-state index >= 15 is 0 Å². The van der Waals surface area contributed by atoms with Crippen molar-refractivity contribution in [3.8, 4) is 5.75 Å². The van der Waals surface area contributed by atoms with Crippen LogP contribution in [0.15, 0.2) is 46.9 Å². The molecule has 0 fully saturated rings. The first-order valence-electron chi connectivity index (χ1n) is 5.40. The molecule has 0 aliphatic carbocycles. The molecule has 4 heteroatoms. The van der Waals surface area contributed by atoms with Gasteiger partial charge in [-0.05, 0) is 64.0 Å². The van der Waals surface area contributed by atoms with Crippen LogP contribution < -0.4 is 4.74 Å². The average Bonchev–Trinajstić information content (AvgIpc) is 2.39. The predicted molar refractivity (Wildman–Crippen MR) is 87.2 cm³/mol. The topological polar surface area (TPSA) is 9.23 Å². The van der Waals surface area contributed by atoms with Gasteiger partial charge in [0.25, 0.3) is 0 Å². The van der Waals surface area contributed by atoms with Crippen molar-refractivity contribution in [3.63, 3.8) is 0 Å². The second-order valence-electron chi connectivity index (χ2n) is 3.80. The monoisotopic (exact) mass is 436 g/mol. The molecule has 0 N–H and O–H groups in total. The van der Waals surface area contributed by atoms with E-state index in [0.717, 1.165) is 21.3 Å². The molecule has 0 saturated heterocycles. The summed E-state index contributed by atoms with van der Waals surface area (Å²) in [7, 11) is 0. The van der Waals surface area contributed by atoms with E-state index in [4.69, 9.17) is 16.3 Å². The number of hydrogen-bond acceptors (Lipinski definition) is 1. The van der Waals surface area contributed by atoms with Crippen molar-refractivity contribution in [1.82, 2.24) is 0 Å². The smallest absolute Gasteiger partial charge is 0.120 e. The molecule has 0 spiro atoms. The van der Waals surface area contributed by atoms with Crippen LogP contribution in [0, 0.1) is 3.57 Å². The Labute approximate surface area is 134 Å². The minimum absolute atomic E-state index is 0.474. The molecule has 0 aromatic heterocycles. The van der Waals surface area contributed by atoms with Crippen molar-refractivity contribution in [3.05, 3.63) is 61.6 Å². The van der Waals surface area contributed by atoms with Gasteiger partial charge < -0.3 is 4.74 Å². The van der Waals surface area contributed by atoms with Crippen LogP contribution in [-0.2, 0) is 12.5 Å². The highest BCUT2D eigenvalue weighted by molar-refractivity contribution is 14.1. The lowest BCUT2D eigenvalue weighted by Crippen LogP contribution is -1.96. The fourth-order valence-corrected chi connectivity index (χ4v) is 2.62. The summed E-state index contributed by atoms with van der Waals surface area (Å²) < 4.78 is 7.99. The third-order valence-corrected chi connectivity index (χ3v) is 4.26. The van der Waals surface area contributed by atoms with Crippen LogP contribution >= 0.6 is 50.1 Å². The molecule has 0 heterocycles. The van der Waals surface area contributed by atoms with Gasteiger partial charge in [-0.15, -0.1) is 11.6 Å². The van der Waals surface area contributed by atoms with Crippen molar-refractivity contribution in [2.24, 2.45) is 0 Å². The first kappa shape index (κ1) is 14.2. The Kier molecular flexibility index (Phi) is 5.33. The fraction of sp³-hybridized carbons (Fsp3) is 0.143. The van der Waals surface area contributed by atoms with Crippen LogP contribution in [0.25, 0.3) is 0 Å². The molecule has 0 radical (unpaired) electrons. The molecule has 0 atom stereocenters. The zero-order valence-electron chi connectivity index (χ0n) is 9.50. The zero-order valence-corrected chi connectivity index (χ0v) is 14.0. The summed E-state index contributed by atoms with van der Waals surface area (Å²) in [5.74, 6) is 1.31. The normalized spacial score (nSPS) is 10.4. The molecule has 0 amide bonds. The number of rotatable bonds is 4. The highest BCUT2D eigenvalue weighted by Crippen LogP contribution is 2.24. The van der Waals surface area contributed by atoms with E-state index in [1.54, 1.807) is 0 Å². The van der Waals surface area contributed by atoms with E-state index in [1.807, 2.05) is 18.2 Å². The van der Waals surface area contributed by atoms with Crippen molar-refractivity contribution in [1.29, 1.82) is 0 Å². The number of ether oxygens (including phenoxy) is 1. The Morgan fingerprint density at radius 1 is 1.11 bits per heavy atom. The SMILES string of the molecule is ClCc1cc(OCc2ccc(I)cc2)ccc1Br. The molecule has 94 valence electrons. The molecule has 2 aromatic carbocycles. The first-order chi connectivity index (χ1) is 8.69. The molecule has 1 nitrogen and oxygen atoms in total. The van der Waals surface area contributed by atoms with Crippen LogP contribution in [0.2, 0.25) is 0 Å². The minimum atomic E-state index is 0.474. The lowest BCUT2D eigenvalue weighted by atomic mass is 10.2. The Hall–Kier alpha value is -0.260. The molecule has 2 aromatic rings. The highest BCUT2D eigenvalue weighted by atomic mass is 127. The van der Waals surface area contributed by atoms with Gasteiger partial charge in [0.05, 0.1) is 0 Å². The van der Waals surface area contributed by atoms with Crippen molar-refractivity contribution < 1.29 is 4.74 Å². The van der Waals surface area contributed by atoms with Gasteiger partial charge >= 0.3 is 0 Å². The third kappa shape index (κ3) is 3.87. The van der Waals surface area contributed by atoms with Gasteiger partial charge in [-0.2, -0.15) is 0 Å². The number of alkyl halides is 1. The third-order valence-electron chi connectivity index (χ3n) is 2.48. The molecule has 2 rings (SSSR count). The Bertz CT molecular complexity index is 528. The van der Waals surface area contributed by atoms with Crippen LogP contribution in [-0.4, -0.2) is 0 Å². The van der Waals surface area contributed by atoms with E-state index in [2.05, 4.69) is 62.8 Å². The molecule has 0 unspecified atom stereocenters. The van der Waals surface area contributed by atoms with Crippen molar-refractivity contribution >= 4 is 50.1 Å². The van der Waals surface area contributed by atoms with Gasteiger partial charge in [-0.1, -0.05) is 28.1 Å². The molecule has 0 aliphatic heterocycles. The number of halogens is 3. The van der Waals surface area contributed by atoms with E-state index < -0.39 is 0 Å². The maximum absolute atomic E-state index is 5.85. The van der Waals surface area contributed by atoms with Crippen LogP contribution in [0.5, 0.6) is 5.75 Å². The van der Waals surface area contributed by atoms with Gasteiger partial charge in [0.1, 0.15) is 12.4 Å². The quantitative estimate of drug-likeness (QED) is 0.462. The van der Waals surface area contributed by atoms with Gasteiger partial charge in [0.15, 0.2) is 0 Å². The first-order valence-corrected chi connectivity index (χ1v) is 7.81. The molecule has 18 heavy (non-hydrogen) atoms. The fourth-order valence-electron chi connectivity index (χ4n) is 1.49.